The van der Waals surface area contributed by atoms with Crippen molar-refractivity contribution in [3.63, 3.8) is 0 Å². The Hall–Kier alpha value is 0.170. The fourth-order valence-electron chi connectivity index (χ4n) is 0. The Morgan fingerprint density at radius 2 is 2.50 bits per heavy atom. The molecule has 0 heterocycles. The zero-order valence-corrected chi connectivity index (χ0v) is 2.43. The number of hydrogen-bond acceptors (Lipinski definition) is 2. The molecule has 0 aromatic heterocycles. The Morgan fingerprint density at radius 3 is 2.50 bits per heavy atom. The number of nitrogens with one attached hydrogen (secondary N) is 1. The SMILES string of the molecule is [3H]N(F)SF. The summed E-state index contributed by atoms with van der Waals surface area (Å²) in [5, 5.41) is 0. The van der Waals surface area contributed by atoms with Gasteiger partial charge >= 0.3 is 0 Å². The third-order valence-corrected chi connectivity index (χ3v) is 0.0782. The van der Waals surface area contributed by atoms with Crippen LogP contribution in [0.5, 0.6) is 0 Å². The zero-order valence-electron chi connectivity index (χ0n) is 2.61. The van der Waals surface area contributed by atoms with Crippen LogP contribution in [0.1, 0.15) is 0 Å². The third kappa shape index (κ3) is 2.17. The van der Waals surface area contributed by atoms with E-state index in [1.165, 1.54) is 0 Å². The summed E-state index contributed by atoms with van der Waals surface area (Å²) in [6.45, 7) is 0. The summed E-state index contributed by atoms with van der Waals surface area (Å²) >= 11 is -0.787. The Bertz CT molecular complexity index is 23.6. The molecule has 0 aliphatic heterocycles. The van der Waals surface area contributed by atoms with E-state index in [1.54, 1.807) is 0 Å². The first-order valence-corrected chi connectivity index (χ1v) is 1.18. The predicted molar refractivity (Wildman–Crippen MR) is 12.9 cm³/mol. The van der Waals surface area contributed by atoms with Gasteiger partial charge in [0.1, 0.15) is 0 Å². The molecule has 0 aromatic carbocycles. The third-order valence-electron chi connectivity index (χ3n) is 0.0261. The highest BCUT2D eigenvalue weighted by Gasteiger charge is 1.62. The molecule has 0 rings (SSSR count). The maximum Gasteiger partial charge on any atom is 0.178 e. The molecule has 0 aliphatic rings. The van der Waals surface area contributed by atoms with Crippen molar-refractivity contribution in [3.8, 4) is 0 Å². The molecule has 0 saturated carbocycles. The van der Waals surface area contributed by atoms with Gasteiger partial charge < -0.3 is 0 Å². The van der Waals surface area contributed by atoms with E-state index < -0.39 is 17.3 Å². The van der Waals surface area contributed by atoms with Crippen LogP contribution in [0.2, 0.25) is 1.41 Å². The molecule has 0 radical (unpaired) electrons. The molecule has 4 heavy (non-hydrogen) atoms. The lowest BCUT2D eigenvalue weighted by atomic mass is 13.8. The second kappa shape index (κ2) is 3.17. The van der Waals surface area contributed by atoms with E-state index in [1.807, 2.05) is 0 Å². The minimum atomic E-state index is -0.875. The maximum absolute atomic E-state index is 10.5. The molecule has 26 valence electrons. The van der Waals surface area contributed by atoms with Gasteiger partial charge in [-0.25, -0.2) is 0 Å². The van der Waals surface area contributed by atoms with Gasteiger partial charge in [0, 0.05) is 0 Å². The van der Waals surface area contributed by atoms with E-state index in [-0.39, 0.29) is 0 Å². The Morgan fingerprint density at radius 1 is 2.25 bits per heavy atom. The molecular weight excluding hydrogens is 84.1 g/mol. The summed E-state index contributed by atoms with van der Waals surface area (Å²) in [4.78, 5) is -0.875. The van der Waals surface area contributed by atoms with E-state index in [0.717, 1.165) is 0 Å². The number of hydrogen-bond donors (Lipinski definition) is 1. The fourth-order valence-corrected chi connectivity index (χ4v) is 0. The standard InChI is InChI=1S/F2HNS/c1-3-4-2/h3H/i/hT. The molecule has 0 atom stereocenters. The summed E-state index contributed by atoms with van der Waals surface area (Å²) in [6.07, 6.45) is 0. The van der Waals surface area contributed by atoms with Crippen LogP contribution in [0.4, 0.5) is 8.37 Å². The fraction of sp³-hybridized carbons (Fsp3) is 0. The largest absolute Gasteiger partial charge is 0.178 e. The van der Waals surface area contributed by atoms with Crippen molar-refractivity contribution in [2.75, 3.05) is 0 Å². The molecule has 4 heteroatoms. The van der Waals surface area contributed by atoms with E-state index in [0.29, 0.717) is 0 Å². The van der Waals surface area contributed by atoms with Crippen molar-refractivity contribution in [1.82, 2.24) is 4.94 Å². The van der Waals surface area contributed by atoms with Crippen molar-refractivity contribution >= 4 is 12.3 Å². The van der Waals surface area contributed by atoms with Gasteiger partial charge in [0.15, 0.2) is 13.7 Å². The Labute approximate surface area is 28.2 Å². The molecule has 0 fully saturated rings. The molecular formula is HF2NS. The van der Waals surface area contributed by atoms with Crippen LogP contribution in [0.15, 0.2) is 0 Å². The lowest BCUT2D eigenvalue weighted by molar-refractivity contribution is 0.457. The number of halogens is 2. The summed E-state index contributed by atoms with van der Waals surface area (Å²) < 4.78 is 26.5. The van der Waals surface area contributed by atoms with Gasteiger partial charge in [0.05, 0.1) is 0 Å². The molecule has 0 saturated heterocycles. The zero-order chi connectivity index (χ0) is 4.28. The van der Waals surface area contributed by atoms with Crippen molar-refractivity contribution in [3.05, 3.63) is 0 Å². The highest BCUT2D eigenvalue weighted by molar-refractivity contribution is 7.92. The van der Waals surface area contributed by atoms with E-state index in [2.05, 4.69) is 0 Å². The van der Waals surface area contributed by atoms with E-state index >= 15 is 0 Å². The van der Waals surface area contributed by atoms with Gasteiger partial charge in [-0.2, -0.15) is 0 Å². The summed E-state index contributed by atoms with van der Waals surface area (Å²) in [5.41, 5.74) is 0. The molecule has 0 spiro atoms. The van der Waals surface area contributed by atoms with Crippen molar-refractivity contribution < 1.29 is 9.78 Å². The van der Waals surface area contributed by atoms with Crippen LogP contribution < -0.4 is 4.94 Å². The average molecular weight is 87.1 g/mol. The molecule has 0 aliphatic carbocycles. The topological polar surface area (TPSA) is 12.0 Å². The summed E-state index contributed by atoms with van der Waals surface area (Å²) in [5.74, 6) is 0. The van der Waals surface area contributed by atoms with Crippen LogP contribution in [-0.2, 0) is 0 Å². The first-order valence-electron chi connectivity index (χ1n) is 0.953. The minimum absolute atomic E-state index is 0.787. The Kier molecular flexibility index (Phi) is 1.91. The molecule has 0 unspecified atom stereocenters. The predicted octanol–water partition coefficient (Wildman–Crippen LogP) is 0.993. The van der Waals surface area contributed by atoms with Crippen LogP contribution in [0.3, 0.4) is 0 Å². The van der Waals surface area contributed by atoms with E-state index in [4.69, 9.17) is 1.41 Å². The monoisotopic (exact) mass is 87.0 g/mol. The molecule has 0 amide bonds. The first kappa shape index (κ1) is 2.41. The second-order valence-corrected chi connectivity index (χ2v) is 0.414. The number of rotatable bonds is 1. The minimum Gasteiger partial charge on any atom is -0.145 e. The highest BCUT2D eigenvalue weighted by atomic mass is 32.2. The summed E-state index contributed by atoms with van der Waals surface area (Å²) in [7, 11) is 0. The normalized spacial score (nSPS) is 12.2. The van der Waals surface area contributed by atoms with Gasteiger partial charge in [-0.3, -0.25) is 0 Å². The van der Waals surface area contributed by atoms with Crippen molar-refractivity contribution in [2.45, 2.75) is 0 Å². The lowest BCUT2D eigenvalue weighted by Gasteiger charge is -1.63. The van der Waals surface area contributed by atoms with Gasteiger partial charge in [-0.05, 0) is 0 Å². The van der Waals surface area contributed by atoms with Crippen molar-refractivity contribution in [2.24, 2.45) is 0 Å². The molecule has 0 aromatic rings. The molecule has 1 N–H and O–H groups in total. The Balaban J connectivity index is 2.54. The van der Waals surface area contributed by atoms with Crippen molar-refractivity contribution in [1.29, 1.82) is 0 Å². The van der Waals surface area contributed by atoms with Crippen LogP contribution in [0, 0.1) is 0 Å². The van der Waals surface area contributed by atoms with Gasteiger partial charge in [0.25, 0.3) is 0 Å². The van der Waals surface area contributed by atoms with Crippen LogP contribution in [-0.4, -0.2) is 0 Å². The highest BCUT2D eigenvalue weighted by Crippen LogP contribution is 1.87. The molecule has 1 nitrogen and oxygen atoms in total. The quantitative estimate of drug-likeness (QED) is 0.378. The lowest BCUT2D eigenvalue weighted by Crippen LogP contribution is -1.71. The van der Waals surface area contributed by atoms with Gasteiger partial charge in [0.2, 0.25) is 0 Å². The van der Waals surface area contributed by atoms with Crippen LogP contribution >= 0.6 is 12.3 Å². The second-order valence-electron chi connectivity index (χ2n) is 0.138. The smallest absolute Gasteiger partial charge is 0.145 e. The van der Waals surface area contributed by atoms with E-state index in [9.17, 15) is 8.37 Å². The molecule has 0 bridgehead atoms. The summed E-state index contributed by atoms with van der Waals surface area (Å²) in [6, 6.07) is 0. The van der Waals surface area contributed by atoms with Crippen LogP contribution in [0.25, 0.3) is 0 Å². The maximum atomic E-state index is 10.5. The first-order chi connectivity index (χ1) is 2.27. The van der Waals surface area contributed by atoms with Gasteiger partial charge in [-0.1, -0.05) is 4.94 Å². The van der Waals surface area contributed by atoms with Gasteiger partial charge in [-0.15, -0.1) is 8.37 Å². The average Bonchev–Trinajstić information content (AvgIpc) is 1.38.